The predicted octanol–water partition coefficient (Wildman–Crippen LogP) is 15.4. The molecule has 1 aliphatic heterocycles. The Morgan fingerprint density at radius 1 is 0.458 bits per heavy atom. The lowest BCUT2D eigenvalue weighted by Gasteiger charge is -2.38. The summed E-state index contributed by atoms with van der Waals surface area (Å²) in [7, 11) is 0. The molecule has 280 valence electrons. The highest BCUT2D eigenvalue weighted by molar-refractivity contribution is 7.99. The molecule has 11 rings (SSSR count). The summed E-state index contributed by atoms with van der Waals surface area (Å²) in [5, 5.41) is 3.72. The van der Waals surface area contributed by atoms with Crippen LogP contribution in [0.4, 0.5) is 17.1 Å². The molecule has 10 aromatic rings. The van der Waals surface area contributed by atoms with Gasteiger partial charge in [0, 0.05) is 37.6 Å². The molecule has 1 aromatic heterocycles. The molecule has 0 radical (unpaired) electrons. The molecule has 0 saturated heterocycles. The van der Waals surface area contributed by atoms with Crippen molar-refractivity contribution in [3.05, 3.63) is 241 Å². The Labute approximate surface area is 349 Å². The maximum absolute atomic E-state index is 2.50. The van der Waals surface area contributed by atoms with Crippen molar-refractivity contribution in [1.29, 1.82) is 0 Å². The summed E-state index contributed by atoms with van der Waals surface area (Å²) in [4.78, 5) is 5.00. The van der Waals surface area contributed by atoms with Crippen LogP contribution in [0.5, 0.6) is 0 Å². The van der Waals surface area contributed by atoms with Crippen LogP contribution in [0.3, 0.4) is 0 Å². The predicted molar refractivity (Wildman–Crippen MR) is 249 cm³/mol. The van der Waals surface area contributed by atoms with Gasteiger partial charge in [0.1, 0.15) is 0 Å². The minimum Gasteiger partial charge on any atom is -0.311 e. The molecule has 1 atom stereocenters. The minimum atomic E-state index is -0.399. The molecule has 0 saturated carbocycles. The van der Waals surface area contributed by atoms with E-state index in [4.69, 9.17) is 0 Å². The average molecular weight is 773 g/mol. The van der Waals surface area contributed by atoms with Gasteiger partial charge in [-0.1, -0.05) is 182 Å². The maximum atomic E-state index is 2.50. The van der Waals surface area contributed by atoms with Crippen molar-refractivity contribution in [3.63, 3.8) is 0 Å². The zero-order chi connectivity index (χ0) is 39.3. The van der Waals surface area contributed by atoms with Gasteiger partial charge in [-0.2, -0.15) is 0 Å². The average Bonchev–Trinajstić information content (AvgIpc) is 3.65. The molecule has 1 unspecified atom stereocenters. The third-order valence-corrected chi connectivity index (χ3v) is 13.3. The first kappa shape index (κ1) is 35.1. The number of nitrogens with zero attached hydrogens (tertiary/aromatic N) is 2. The van der Waals surface area contributed by atoms with Gasteiger partial charge in [0.15, 0.2) is 0 Å². The summed E-state index contributed by atoms with van der Waals surface area (Å²) in [5.41, 5.74) is 14.1. The Bertz CT molecular complexity index is 3110. The van der Waals surface area contributed by atoms with E-state index in [0.717, 1.165) is 17.1 Å². The fraction of sp³-hybridized carbons (Fsp3) is 0.0357. The summed E-state index contributed by atoms with van der Waals surface area (Å²) in [6.45, 7) is 2.42. The van der Waals surface area contributed by atoms with Gasteiger partial charge in [-0.25, -0.2) is 0 Å². The van der Waals surface area contributed by atoms with Crippen molar-refractivity contribution >= 4 is 50.5 Å². The minimum absolute atomic E-state index is 0.399. The SMILES string of the molecule is CC1(c2ccccc2)c2ccc(-c3ccc(N(c4ccc(-c5ccccc5)cc4)c4cccc5ccccc45)cc3)cc2Sc2c1n(-c1ccccc1)c1ccccc21. The van der Waals surface area contributed by atoms with Crippen LogP contribution in [-0.2, 0) is 5.41 Å². The van der Waals surface area contributed by atoms with Crippen molar-refractivity contribution < 1.29 is 0 Å². The van der Waals surface area contributed by atoms with E-state index >= 15 is 0 Å². The van der Waals surface area contributed by atoms with E-state index in [-0.39, 0.29) is 0 Å². The third-order valence-electron chi connectivity index (χ3n) is 12.1. The summed E-state index contributed by atoms with van der Waals surface area (Å²) < 4.78 is 2.50. The van der Waals surface area contributed by atoms with Gasteiger partial charge >= 0.3 is 0 Å². The monoisotopic (exact) mass is 772 g/mol. The quantitative estimate of drug-likeness (QED) is 0.159. The van der Waals surface area contributed by atoms with E-state index in [1.807, 2.05) is 11.8 Å². The topological polar surface area (TPSA) is 8.17 Å². The van der Waals surface area contributed by atoms with Crippen molar-refractivity contribution in [2.24, 2.45) is 0 Å². The van der Waals surface area contributed by atoms with Crippen LogP contribution in [0.1, 0.15) is 23.7 Å². The van der Waals surface area contributed by atoms with Gasteiger partial charge in [0.05, 0.1) is 22.3 Å². The van der Waals surface area contributed by atoms with Gasteiger partial charge in [0.2, 0.25) is 0 Å². The highest BCUT2D eigenvalue weighted by atomic mass is 32.2. The number of anilines is 3. The molecule has 0 spiro atoms. The summed E-state index contributed by atoms with van der Waals surface area (Å²) in [6, 6.07) is 81.8. The lowest BCUT2D eigenvalue weighted by Crippen LogP contribution is -2.31. The zero-order valence-corrected chi connectivity index (χ0v) is 33.5. The molecule has 0 bridgehead atoms. The second-order valence-corrected chi connectivity index (χ2v) is 16.5. The van der Waals surface area contributed by atoms with E-state index in [2.05, 4.69) is 241 Å². The van der Waals surface area contributed by atoms with Gasteiger partial charge in [0.25, 0.3) is 0 Å². The summed E-state index contributed by atoms with van der Waals surface area (Å²) >= 11 is 1.91. The van der Waals surface area contributed by atoms with Gasteiger partial charge in [-0.05, 0) is 100 Å². The Morgan fingerprint density at radius 2 is 1.00 bits per heavy atom. The van der Waals surface area contributed by atoms with Gasteiger partial charge in [-0.15, -0.1) is 0 Å². The Morgan fingerprint density at radius 3 is 1.71 bits per heavy atom. The second-order valence-electron chi connectivity index (χ2n) is 15.5. The first-order chi connectivity index (χ1) is 29.1. The van der Waals surface area contributed by atoms with Gasteiger partial charge in [-0.3, -0.25) is 0 Å². The Kier molecular flexibility index (Phi) is 8.57. The van der Waals surface area contributed by atoms with E-state index in [1.165, 1.54) is 76.2 Å². The number of hydrogen-bond donors (Lipinski definition) is 0. The smallest absolute Gasteiger partial charge is 0.0602 e. The molecule has 59 heavy (non-hydrogen) atoms. The molecular formula is C56H40N2S. The van der Waals surface area contributed by atoms with E-state index < -0.39 is 5.41 Å². The Hall–Kier alpha value is -7.07. The fourth-order valence-electron chi connectivity index (χ4n) is 9.18. The van der Waals surface area contributed by atoms with Crippen molar-refractivity contribution in [2.75, 3.05) is 4.90 Å². The molecular weight excluding hydrogens is 733 g/mol. The third kappa shape index (κ3) is 5.89. The Balaban J connectivity index is 1.02. The number of hydrogen-bond acceptors (Lipinski definition) is 2. The first-order valence-corrected chi connectivity index (χ1v) is 21.1. The molecule has 0 N–H and O–H groups in total. The molecule has 0 aliphatic carbocycles. The van der Waals surface area contributed by atoms with Crippen LogP contribution < -0.4 is 4.90 Å². The zero-order valence-electron chi connectivity index (χ0n) is 32.7. The van der Waals surface area contributed by atoms with Crippen molar-refractivity contribution in [1.82, 2.24) is 4.57 Å². The second kappa shape index (κ2) is 14.4. The molecule has 0 amide bonds. The summed E-state index contributed by atoms with van der Waals surface area (Å²) in [5.74, 6) is 0. The van der Waals surface area contributed by atoms with Crippen LogP contribution in [0, 0.1) is 0 Å². The fourth-order valence-corrected chi connectivity index (χ4v) is 10.6. The van der Waals surface area contributed by atoms with Crippen molar-refractivity contribution in [2.45, 2.75) is 22.1 Å². The van der Waals surface area contributed by atoms with Crippen LogP contribution in [0.15, 0.2) is 234 Å². The number of benzene rings is 9. The number of fused-ring (bicyclic) bond motifs is 5. The molecule has 1 aliphatic rings. The lowest BCUT2D eigenvalue weighted by atomic mass is 9.72. The highest BCUT2D eigenvalue weighted by Crippen LogP contribution is 2.56. The van der Waals surface area contributed by atoms with E-state index in [0.29, 0.717) is 0 Å². The number of rotatable bonds is 7. The largest absolute Gasteiger partial charge is 0.311 e. The first-order valence-electron chi connectivity index (χ1n) is 20.3. The lowest BCUT2D eigenvalue weighted by molar-refractivity contribution is 0.618. The van der Waals surface area contributed by atoms with E-state index in [1.54, 1.807) is 0 Å². The molecule has 0 fully saturated rings. The number of para-hydroxylation sites is 2. The maximum Gasteiger partial charge on any atom is 0.0602 e. The normalized spacial score (nSPS) is 14.5. The van der Waals surface area contributed by atoms with E-state index in [9.17, 15) is 0 Å². The van der Waals surface area contributed by atoms with Crippen LogP contribution in [0.2, 0.25) is 0 Å². The summed E-state index contributed by atoms with van der Waals surface area (Å²) in [6.07, 6.45) is 0. The van der Waals surface area contributed by atoms with Crippen LogP contribution >= 0.6 is 11.8 Å². The van der Waals surface area contributed by atoms with Crippen molar-refractivity contribution in [3.8, 4) is 27.9 Å². The molecule has 9 aromatic carbocycles. The highest BCUT2D eigenvalue weighted by Gasteiger charge is 2.43. The van der Waals surface area contributed by atoms with Crippen LogP contribution in [0.25, 0.3) is 49.6 Å². The molecule has 2 nitrogen and oxygen atoms in total. The standard InChI is InChI=1S/C56H40N2S/c1-56(44-20-7-3-8-21-44)50-37-32-43(38-53(50)59-54-49-25-13-14-26-52(49)58(55(54)56)45-22-9-4-10-23-45)41-30-35-47(36-31-41)57(51-27-15-19-42-18-11-12-24-48(42)51)46-33-28-40(29-34-46)39-16-5-2-6-17-39/h2-38H,1H3. The van der Waals surface area contributed by atoms with Crippen LogP contribution in [-0.4, -0.2) is 4.57 Å². The van der Waals surface area contributed by atoms with Gasteiger partial charge < -0.3 is 9.47 Å². The number of aromatic nitrogens is 1. The molecule has 2 heterocycles. The molecule has 3 heteroatoms.